The molecule has 2 unspecified atom stereocenters. The van der Waals surface area contributed by atoms with Gasteiger partial charge in [0.05, 0.1) is 22.0 Å². The van der Waals surface area contributed by atoms with Crippen LogP contribution in [0.15, 0.2) is 114 Å². The average molecular weight is 654 g/mol. The lowest BCUT2D eigenvalue weighted by Gasteiger charge is -2.37. The van der Waals surface area contributed by atoms with Gasteiger partial charge < -0.3 is 10.1 Å². The van der Waals surface area contributed by atoms with Crippen LogP contribution in [0.2, 0.25) is 0 Å². The Morgan fingerprint density at radius 2 is 1.38 bits per heavy atom. The maximum Gasteiger partial charge on any atom is 0.243 e. The zero-order valence-electron chi connectivity index (χ0n) is 27.1. The quantitative estimate of drug-likeness (QED) is 0.131. The molecule has 5 aromatic rings. The summed E-state index contributed by atoms with van der Waals surface area (Å²) in [5.41, 5.74) is 4.28. The molecule has 0 aliphatic carbocycles. The first-order valence-corrected chi connectivity index (χ1v) is 17.3. The van der Waals surface area contributed by atoms with E-state index in [1.54, 1.807) is 6.07 Å². The monoisotopic (exact) mass is 653 g/mol. The number of aromatic nitrogens is 2. The van der Waals surface area contributed by atoms with Crippen molar-refractivity contribution < 1.29 is 18.3 Å². The number of amides is 1. The summed E-state index contributed by atoms with van der Waals surface area (Å²) in [6, 6.07) is 34.6. The predicted molar refractivity (Wildman–Crippen MR) is 186 cm³/mol. The first-order chi connectivity index (χ1) is 22.6. The zero-order valence-corrected chi connectivity index (χ0v) is 27.9. The number of fused-ring (bicyclic) bond motifs is 1. The molecular weight excluding hydrogens is 611 g/mol. The molecule has 0 aliphatic rings. The topological polar surface area (TPSA) is 119 Å². The van der Waals surface area contributed by atoms with Crippen molar-refractivity contribution in [2.75, 3.05) is 18.4 Å². The fourth-order valence-corrected chi connectivity index (χ4v) is 7.47. The SMILES string of the molecule is CC(=O)Nc1nc2ccc(S(=O)(=O)N(CC(C)C)CC(O)C(Cc3ccccc3)N(Cc3ccccc3)Cc3ccccc3)cc2[nH]1. The van der Waals surface area contributed by atoms with Gasteiger partial charge in [-0.3, -0.25) is 15.0 Å². The molecule has 3 N–H and O–H groups in total. The predicted octanol–water partition coefficient (Wildman–Crippen LogP) is 5.84. The van der Waals surface area contributed by atoms with Crippen LogP contribution < -0.4 is 5.32 Å². The molecule has 4 aromatic carbocycles. The highest BCUT2D eigenvalue weighted by Gasteiger charge is 2.33. The normalized spacial score (nSPS) is 13.3. The van der Waals surface area contributed by atoms with Crippen molar-refractivity contribution in [3.63, 3.8) is 0 Å². The molecule has 1 amide bonds. The third-order valence-corrected chi connectivity index (χ3v) is 9.83. The third-order valence-electron chi connectivity index (χ3n) is 8.00. The Bertz CT molecular complexity index is 1810. The number of nitrogens with one attached hydrogen (secondary N) is 2. The second-order valence-electron chi connectivity index (χ2n) is 12.4. The summed E-state index contributed by atoms with van der Waals surface area (Å²) in [5, 5.41) is 14.7. The molecule has 246 valence electrons. The first-order valence-electron chi connectivity index (χ1n) is 15.9. The maximum absolute atomic E-state index is 14.3. The number of sulfonamides is 1. The molecule has 0 radical (unpaired) electrons. The summed E-state index contributed by atoms with van der Waals surface area (Å²) in [4.78, 5) is 21.2. The van der Waals surface area contributed by atoms with E-state index in [1.165, 1.54) is 23.4 Å². The lowest BCUT2D eigenvalue weighted by molar-refractivity contribution is -0.114. The first kappa shape index (κ1) is 34.0. The lowest BCUT2D eigenvalue weighted by atomic mass is 9.97. The number of H-pyrrole nitrogens is 1. The van der Waals surface area contributed by atoms with E-state index >= 15 is 0 Å². The van der Waals surface area contributed by atoms with Gasteiger partial charge in [-0.25, -0.2) is 13.4 Å². The number of rotatable bonds is 15. The van der Waals surface area contributed by atoms with Gasteiger partial charge in [0.1, 0.15) is 0 Å². The van der Waals surface area contributed by atoms with Crippen molar-refractivity contribution in [1.29, 1.82) is 0 Å². The number of aliphatic hydroxyl groups excluding tert-OH is 1. The van der Waals surface area contributed by atoms with Gasteiger partial charge in [0.2, 0.25) is 21.9 Å². The number of imidazole rings is 1. The smallest absolute Gasteiger partial charge is 0.243 e. The van der Waals surface area contributed by atoms with Crippen molar-refractivity contribution in [3.05, 3.63) is 126 Å². The Balaban J connectivity index is 1.49. The molecule has 5 rings (SSSR count). The van der Waals surface area contributed by atoms with E-state index in [9.17, 15) is 18.3 Å². The molecule has 0 saturated heterocycles. The second kappa shape index (κ2) is 15.5. The minimum atomic E-state index is -4.03. The van der Waals surface area contributed by atoms with Crippen LogP contribution in [0.1, 0.15) is 37.5 Å². The largest absolute Gasteiger partial charge is 0.390 e. The van der Waals surface area contributed by atoms with Gasteiger partial charge in [0.15, 0.2) is 0 Å². The lowest BCUT2D eigenvalue weighted by Crippen LogP contribution is -2.50. The van der Waals surface area contributed by atoms with Gasteiger partial charge in [0, 0.05) is 39.1 Å². The van der Waals surface area contributed by atoms with E-state index in [1.807, 2.05) is 80.6 Å². The molecule has 0 fully saturated rings. The van der Waals surface area contributed by atoms with Crippen LogP contribution in [0.4, 0.5) is 5.95 Å². The van der Waals surface area contributed by atoms with E-state index in [2.05, 4.69) is 44.5 Å². The molecule has 1 aromatic heterocycles. The van der Waals surface area contributed by atoms with Crippen LogP contribution in [0.25, 0.3) is 11.0 Å². The van der Waals surface area contributed by atoms with Crippen molar-refractivity contribution in [3.8, 4) is 0 Å². The number of anilines is 1. The Morgan fingerprint density at radius 3 is 1.91 bits per heavy atom. The summed E-state index contributed by atoms with van der Waals surface area (Å²) in [6.45, 7) is 6.60. The van der Waals surface area contributed by atoms with Crippen LogP contribution in [-0.4, -0.2) is 63.8 Å². The zero-order chi connectivity index (χ0) is 33.4. The highest BCUT2D eigenvalue weighted by atomic mass is 32.2. The molecule has 1 heterocycles. The van der Waals surface area contributed by atoms with Crippen LogP contribution in [-0.2, 0) is 34.3 Å². The van der Waals surface area contributed by atoms with Crippen LogP contribution in [0, 0.1) is 5.92 Å². The van der Waals surface area contributed by atoms with Gasteiger partial charge in [-0.1, -0.05) is 105 Å². The number of nitrogens with zero attached hydrogens (tertiary/aromatic N) is 3. The van der Waals surface area contributed by atoms with E-state index in [-0.39, 0.29) is 35.8 Å². The molecule has 0 bridgehead atoms. The Hall–Kier alpha value is -4.35. The minimum absolute atomic E-state index is 0.0107. The second-order valence-corrected chi connectivity index (χ2v) is 14.3. The number of benzene rings is 4. The van der Waals surface area contributed by atoms with E-state index in [0.29, 0.717) is 30.5 Å². The Kier molecular flexibility index (Phi) is 11.2. The van der Waals surface area contributed by atoms with Crippen LogP contribution >= 0.6 is 0 Å². The summed E-state index contributed by atoms with van der Waals surface area (Å²) < 4.78 is 29.9. The number of carbonyl (C=O) groups excluding carboxylic acids is 1. The Labute approximate surface area is 277 Å². The van der Waals surface area contributed by atoms with Crippen molar-refractivity contribution in [2.45, 2.75) is 57.3 Å². The summed E-state index contributed by atoms with van der Waals surface area (Å²) in [7, 11) is -4.03. The van der Waals surface area contributed by atoms with E-state index < -0.39 is 22.2 Å². The Morgan fingerprint density at radius 1 is 0.830 bits per heavy atom. The molecule has 2 atom stereocenters. The van der Waals surface area contributed by atoms with Gasteiger partial charge >= 0.3 is 0 Å². The fourth-order valence-electron chi connectivity index (χ4n) is 5.82. The van der Waals surface area contributed by atoms with Crippen LogP contribution in [0.5, 0.6) is 0 Å². The van der Waals surface area contributed by atoms with Crippen molar-refractivity contribution in [2.24, 2.45) is 5.92 Å². The standard InChI is InChI=1S/C37H43N5O4S/c1-27(2)23-42(47(45,46)32-19-20-33-34(22-32)40-37(39-33)38-28(3)43)26-36(44)35(21-29-13-7-4-8-14-29)41(24-30-15-9-5-10-16-30)25-31-17-11-6-12-18-31/h4-20,22,27,35-36,44H,21,23-26H2,1-3H3,(H2,38,39,40,43). The number of hydrogen-bond acceptors (Lipinski definition) is 6. The number of carbonyl (C=O) groups is 1. The maximum atomic E-state index is 14.3. The number of aromatic amines is 1. The summed E-state index contributed by atoms with van der Waals surface area (Å²) >= 11 is 0. The molecule has 10 heteroatoms. The van der Waals surface area contributed by atoms with Gasteiger partial charge in [-0.2, -0.15) is 4.31 Å². The average Bonchev–Trinajstić information content (AvgIpc) is 3.45. The summed E-state index contributed by atoms with van der Waals surface area (Å²) in [6.07, 6.45) is -0.484. The summed E-state index contributed by atoms with van der Waals surface area (Å²) in [5.74, 6) is -0.0265. The highest BCUT2D eigenvalue weighted by Crippen LogP contribution is 2.26. The molecule has 0 aliphatic heterocycles. The molecule has 47 heavy (non-hydrogen) atoms. The van der Waals surface area contributed by atoms with Gasteiger partial charge in [-0.15, -0.1) is 0 Å². The fraction of sp³-hybridized carbons (Fsp3) is 0.297. The molecule has 0 saturated carbocycles. The molecular formula is C37H43N5O4S. The van der Waals surface area contributed by atoms with Crippen LogP contribution in [0.3, 0.4) is 0 Å². The minimum Gasteiger partial charge on any atom is -0.390 e. The van der Waals surface area contributed by atoms with E-state index in [0.717, 1.165) is 16.7 Å². The molecule has 0 spiro atoms. The van der Waals surface area contributed by atoms with Gasteiger partial charge in [0.25, 0.3) is 0 Å². The van der Waals surface area contributed by atoms with Crippen molar-refractivity contribution in [1.82, 2.24) is 19.2 Å². The number of hydrogen-bond donors (Lipinski definition) is 3. The highest BCUT2D eigenvalue weighted by molar-refractivity contribution is 7.89. The molecule has 9 nitrogen and oxygen atoms in total. The third kappa shape index (κ3) is 9.14. The van der Waals surface area contributed by atoms with Gasteiger partial charge in [-0.05, 0) is 47.2 Å². The van der Waals surface area contributed by atoms with E-state index in [4.69, 9.17) is 0 Å². The number of aliphatic hydroxyl groups is 1. The van der Waals surface area contributed by atoms with Crippen molar-refractivity contribution >= 4 is 32.9 Å².